The monoisotopic (exact) mass is 313 g/mol. The summed E-state index contributed by atoms with van der Waals surface area (Å²) in [6.07, 6.45) is 2.40. The quantitative estimate of drug-likeness (QED) is 0.696. The third-order valence-electron chi connectivity index (χ3n) is 3.52. The highest BCUT2D eigenvalue weighted by molar-refractivity contribution is 8.00. The lowest BCUT2D eigenvalue weighted by molar-refractivity contribution is -0.120. The Kier molecular flexibility index (Phi) is 5.58. The standard InChI is InChI=1S/C13H23N5O2S/c1-8(2)11(19)6-7-14-12(20)9(3)21-13-15-16-17-18(13)10-4-5-10/h8-11,19H,4-7H2,1-3H3,(H,14,20)/t9-,11+/m0/s1. The van der Waals surface area contributed by atoms with Gasteiger partial charge in [0.1, 0.15) is 0 Å². The van der Waals surface area contributed by atoms with E-state index in [-0.39, 0.29) is 23.2 Å². The van der Waals surface area contributed by atoms with Gasteiger partial charge in [0, 0.05) is 6.54 Å². The van der Waals surface area contributed by atoms with Crippen LogP contribution in [0.4, 0.5) is 0 Å². The average molecular weight is 313 g/mol. The number of hydrogen-bond donors (Lipinski definition) is 2. The highest BCUT2D eigenvalue weighted by atomic mass is 32.2. The molecule has 1 heterocycles. The van der Waals surface area contributed by atoms with Gasteiger partial charge in [0.05, 0.1) is 17.4 Å². The Hall–Kier alpha value is -1.15. The molecule has 1 amide bonds. The number of tetrazole rings is 1. The molecule has 7 nitrogen and oxygen atoms in total. The smallest absolute Gasteiger partial charge is 0.233 e. The summed E-state index contributed by atoms with van der Waals surface area (Å²) in [7, 11) is 0. The number of rotatable bonds is 8. The Balaban J connectivity index is 1.76. The molecule has 1 aromatic heterocycles. The number of nitrogens with one attached hydrogen (secondary N) is 1. The van der Waals surface area contributed by atoms with E-state index in [0.29, 0.717) is 24.2 Å². The number of amides is 1. The molecule has 2 N–H and O–H groups in total. The van der Waals surface area contributed by atoms with E-state index in [4.69, 9.17) is 0 Å². The van der Waals surface area contributed by atoms with Gasteiger partial charge in [-0.25, -0.2) is 4.68 Å². The Morgan fingerprint density at radius 3 is 2.81 bits per heavy atom. The van der Waals surface area contributed by atoms with E-state index in [1.54, 1.807) is 4.68 Å². The van der Waals surface area contributed by atoms with E-state index in [0.717, 1.165) is 12.8 Å². The van der Waals surface area contributed by atoms with Crippen molar-refractivity contribution < 1.29 is 9.90 Å². The van der Waals surface area contributed by atoms with Crippen molar-refractivity contribution in [3.05, 3.63) is 0 Å². The summed E-state index contributed by atoms with van der Waals surface area (Å²) in [5.41, 5.74) is 0. The van der Waals surface area contributed by atoms with Crippen LogP contribution in [-0.4, -0.2) is 49.1 Å². The number of aliphatic hydroxyl groups excluding tert-OH is 1. The van der Waals surface area contributed by atoms with Crippen molar-refractivity contribution in [1.29, 1.82) is 0 Å². The molecule has 1 fully saturated rings. The molecule has 0 unspecified atom stereocenters. The first-order chi connectivity index (χ1) is 9.99. The van der Waals surface area contributed by atoms with Gasteiger partial charge in [0.15, 0.2) is 0 Å². The number of carbonyl (C=O) groups excluding carboxylic acids is 1. The summed E-state index contributed by atoms with van der Waals surface area (Å²) in [5.74, 6) is 0.151. The van der Waals surface area contributed by atoms with Gasteiger partial charge in [-0.05, 0) is 42.5 Å². The SMILES string of the molecule is CC(C)[C@H](O)CCNC(=O)[C@H](C)Sc1nnnn1C1CC1. The number of aliphatic hydroxyl groups is 1. The molecule has 2 atom stereocenters. The lowest BCUT2D eigenvalue weighted by Gasteiger charge is -2.16. The molecule has 0 spiro atoms. The van der Waals surface area contributed by atoms with Crippen LogP contribution >= 0.6 is 11.8 Å². The Morgan fingerprint density at radius 1 is 1.48 bits per heavy atom. The predicted molar refractivity (Wildman–Crippen MR) is 79.9 cm³/mol. The molecule has 1 saturated carbocycles. The molecule has 1 aromatic rings. The first kappa shape index (κ1) is 16.2. The number of carbonyl (C=O) groups is 1. The van der Waals surface area contributed by atoms with E-state index >= 15 is 0 Å². The van der Waals surface area contributed by atoms with Crippen LogP contribution < -0.4 is 5.32 Å². The fraction of sp³-hybridized carbons (Fsp3) is 0.846. The van der Waals surface area contributed by atoms with Gasteiger partial charge >= 0.3 is 0 Å². The molecule has 1 aliphatic carbocycles. The highest BCUT2D eigenvalue weighted by Gasteiger charge is 2.29. The van der Waals surface area contributed by atoms with Crippen LogP contribution in [0, 0.1) is 5.92 Å². The zero-order valence-electron chi connectivity index (χ0n) is 12.7. The molecule has 0 aromatic carbocycles. The summed E-state index contributed by atoms with van der Waals surface area (Å²) >= 11 is 1.37. The summed E-state index contributed by atoms with van der Waals surface area (Å²) in [6, 6.07) is 0.402. The van der Waals surface area contributed by atoms with Gasteiger partial charge < -0.3 is 10.4 Å². The lowest BCUT2D eigenvalue weighted by Crippen LogP contribution is -2.34. The fourth-order valence-electron chi connectivity index (χ4n) is 1.84. The first-order valence-corrected chi connectivity index (χ1v) is 8.27. The van der Waals surface area contributed by atoms with Crippen molar-refractivity contribution in [2.45, 2.75) is 62.6 Å². The Morgan fingerprint density at radius 2 is 2.19 bits per heavy atom. The number of thioether (sulfide) groups is 1. The molecule has 2 rings (SSSR count). The molecule has 0 saturated heterocycles. The van der Waals surface area contributed by atoms with Gasteiger partial charge in [0.2, 0.25) is 11.1 Å². The second-order valence-corrected chi connectivity index (χ2v) is 7.10. The second-order valence-electron chi connectivity index (χ2n) is 5.79. The molecule has 0 radical (unpaired) electrons. The van der Waals surface area contributed by atoms with E-state index in [9.17, 15) is 9.90 Å². The van der Waals surface area contributed by atoms with Crippen LogP contribution in [0.1, 0.15) is 46.1 Å². The van der Waals surface area contributed by atoms with Crippen LogP contribution in [-0.2, 0) is 4.79 Å². The van der Waals surface area contributed by atoms with Crippen molar-refractivity contribution in [2.24, 2.45) is 5.92 Å². The summed E-state index contributed by atoms with van der Waals surface area (Å²) in [6.45, 7) is 6.24. The van der Waals surface area contributed by atoms with Crippen molar-refractivity contribution >= 4 is 17.7 Å². The van der Waals surface area contributed by atoms with Crippen molar-refractivity contribution in [3.63, 3.8) is 0 Å². The zero-order valence-corrected chi connectivity index (χ0v) is 13.5. The zero-order chi connectivity index (χ0) is 15.4. The molecule has 0 bridgehead atoms. The summed E-state index contributed by atoms with van der Waals surface area (Å²) in [5, 5.41) is 24.6. The van der Waals surface area contributed by atoms with Crippen molar-refractivity contribution in [3.8, 4) is 0 Å². The van der Waals surface area contributed by atoms with Gasteiger partial charge in [0.25, 0.3) is 0 Å². The largest absolute Gasteiger partial charge is 0.393 e. The maximum atomic E-state index is 12.0. The van der Waals surface area contributed by atoms with Crippen molar-refractivity contribution in [2.75, 3.05) is 6.54 Å². The van der Waals surface area contributed by atoms with E-state index in [2.05, 4.69) is 20.8 Å². The molecule has 1 aliphatic rings. The molecule has 0 aliphatic heterocycles. The molecule has 8 heteroatoms. The van der Waals surface area contributed by atoms with Gasteiger partial charge in [-0.3, -0.25) is 4.79 Å². The van der Waals surface area contributed by atoms with Crippen LogP contribution in [0.5, 0.6) is 0 Å². The lowest BCUT2D eigenvalue weighted by atomic mass is 10.0. The molecular formula is C13H23N5O2S. The maximum Gasteiger partial charge on any atom is 0.233 e. The number of hydrogen-bond acceptors (Lipinski definition) is 6. The fourth-order valence-corrected chi connectivity index (χ4v) is 2.73. The van der Waals surface area contributed by atoms with E-state index < -0.39 is 0 Å². The minimum Gasteiger partial charge on any atom is -0.393 e. The highest BCUT2D eigenvalue weighted by Crippen LogP contribution is 2.37. The van der Waals surface area contributed by atoms with Crippen LogP contribution in [0.15, 0.2) is 5.16 Å². The molecule has 118 valence electrons. The number of nitrogens with zero attached hydrogens (tertiary/aromatic N) is 4. The second kappa shape index (κ2) is 7.22. The average Bonchev–Trinajstić information content (AvgIpc) is 3.18. The minimum atomic E-state index is -0.379. The summed E-state index contributed by atoms with van der Waals surface area (Å²) in [4.78, 5) is 12.0. The maximum absolute atomic E-state index is 12.0. The molecule has 21 heavy (non-hydrogen) atoms. The molecular weight excluding hydrogens is 290 g/mol. The number of aromatic nitrogens is 4. The van der Waals surface area contributed by atoms with E-state index in [1.807, 2.05) is 20.8 Å². The summed E-state index contributed by atoms with van der Waals surface area (Å²) < 4.78 is 1.80. The minimum absolute atomic E-state index is 0.0543. The van der Waals surface area contributed by atoms with Gasteiger partial charge in [-0.1, -0.05) is 25.6 Å². The van der Waals surface area contributed by atoms with E-state index in [1.165, 1.54) is 11.8 Å². The van der Waals surface area contributed by atoms with Crippen LogP contribution in [0.25, 0.3) is 0 Å². The first-order valence-electron chi connectivity index (χ1n) is 7.39. The van der Waals surface area contributed by atoms with Crippen LogP contribution in [0.2, 0.25) is 0 Å². The van der Waals surface area contributed by atoms with Gasteiger partial charge in [-0.2, -0.15) is 0 Å². The van der Waals surface area contributed by atoms with Gasteiger partial charge in [-0.15, -0.1) is 5.10 Å². The normalized spacial score (nSPS) is 17.8. The third kappa shape index (κ3) is 4.67. The topological polar surface area (TPSA) is 92.9 Å². The Bertz CT molecular complexity index is 475. The van der Waals surface area contributed by atoms with Crippen molar-refractivity contribution in [1.82, 2.24) is 25.5 Å². The predicted octanol–water partition coefficient (Wildman–Crippen LogP) is 1.01. The Labute approximate surface area is 128 Å². The third-order valence-corrected chi connectivity index (χ3v) is 4.56. The van der Waals surface area contributed by atoms with Crippen LogP contribution in [0.3, 0.4) is 0 Å².